The predicted molar refractivity (Wildman–Crippen MR) is 88.8 cm³/mol. The van der Waals surface area contributed by atoms with Crippen LogP contribution in [0.2, 0.25) is 0 Å². The number of esters is 1. The minimum Gasteiger partial charge on any atom is -0.458 e. The average Bonchev–Trinajstić information content (AvgIpc) is 2.51. The van der Waals surface area contributed by atoms with Gasteiger partial charge in [0.1, 0.15) is 11.5 Å². The average molecular weight is 335 g/mol. The minimum absolute atomic E-state index is 0.240. The summed E-state index contributed by atoms with van der Waals surface area (Å²) in [4.78, 5) is 11.0. The molecule has 1 N–H and O–H groups in total. The Hall–Kier alpha value is -2.04. The van der Waals surface area contributed by atoms with Gasteiger partial charge in [0.2, 0.25) is 5.79 Å². The van der Waals surface area contributed by atoms with Crippen molar-refractivity contribution in [2.24, 2.45) is 0 Å². The summed E-state index contributed by atoms with van der Waals surface area (Å²) in [5.41, 5.74) is 1.37. The van der Waals surface area contributed by atoms with E-state index < -0.39 is 5.79 Å². The van der Waals surface area contributed by atoms with E-state index >= 15 is 0 Å². The van der Waals surface area contributed by atoms with Crippen LogP contribution in [0.1, 0.15) is 24.5 Å². The van der Waals surface area contributed by atoms with E-state index in [2.05, 4.69) is 0 Å². The number of benzene rings is 2. The van der Waals surface area contributed by atoms with Gasteiger partial charge >= 0.3 is 5.97 Å². The second-order valence-corrected chi connectivity index (χ2v) is 5.59. The summed E-state index contributed by atoms with van der Waals surface area (Å²) in [6, 6.07) is 14.1. The van der Waals surface area contributed by atoms with E-state index in [1.807, 2.05) is 25.1 Å². The fourth-order valence-electron chi connectivity index (χ4n) is 2.23. The zero-order valence-corrected chi connectivity index (χ0v) is 13.8. The number of carbonyl (C=O) groups excluding carboxylic acids is 1. The molecule has 4 nitrogen and oxygen atoms in total. The van der Waals surface area contributed by atoms with Crippen molar-refractivity contribution in [2.45, 2.75) is 26.1 Å². The monoisotopic (exact) mass is 334 g/mol. The van der Waals surface area contributed by atoms with Crippen LogP contribution in [-0.4, -0.2) is 17.0 Å². The molecule has 1 atom stereocenters. The van der Waals surface area contributed by atoms with Crippen LogP contribution in [0.15, 0.2) is 48.5 Å². The van der Waals surface area contributed by atoms with E-state index in [1.165, 1.54) is 6.92 Å². The fourth-order valence-corrected chi connectivity index (χ4v) is 2.48. The second kappa shape index (κ2) is 7.49. The summed E-state index contributed by atoms with van der Waals surface area (Å²) >= 11 is 5.83. The van der Waals surface area contributed by atoms with Crippen LogP contribution in [0.4, 0.5) is 0 Å². The molecule has 0 radical (unpaired) electrons. The quantitative estimate of drug-likeness (QED) is 0.378. The summed E-state index contributed by atoms with van der Waals surface area (Å²) in [6.07, 6.45) is 0.240. The van der Waals surface area contributed by atoms with Crippen LogP contribution in [0.5, 0.6) is 11.5 Å². The summed E-state index contributed by atoms with van der Waals surface area (Å²) in [5, 5.41) is 10.9. The Morgan fingerprint density at radius 1 is 1.22 bits per heavy atom. The van der Waals surface area contributed by atoms with E-state index in [0.29, 0.717) is 17.1 Å². The maximum atomic E-state index is 11.0. The van der Waals surface area contributed by atoms with E-state index in [1.54, 1.807) is 30.3 Å². The molecule has 0 aliphatic heterocycles. The third-order valence-electron chi connectivity index (χ3n) is 3.34. The molecule has 0 aromatic heterocycles. The summed E-state index contributed by atoms with van der Waals surface area (Å²) in [5.74, 6) is -0.728. The number of hydrogen-bond acceptors (Lipinski definition) is 4. The zero-order valence-electron chi connectivity index (χ0n) is 13.1. The predicted octanol–water partition coefficient (Wildman–Crippen LogP) is 3.77. The summed E-state index contributed by atoms with van der Waals surface area (Å²) < 4.78 is 10.9. The number of carbonyl (C=O) groups is 1. The molecule has 2 aromatic carbocycles. The normalized spacial score (nSPS) is 13.2. The number of ether oxygens (including phenoxy) is 2. The second-order valence-electron chi connectivity index (χ2n) is 5.21. The van der Waals surface area contributed by atoms with Gasteiger partial charge in [-0.3, -0.25) is 4.79 Å². The highest BCUT2D eigenvalue weighted by Crippen LogP contribution is 2.33. The number of rotatable bonds is 6. The van der Waals surface area contributed by atoms with Crippen molar-refractivity contribution in [2.75, 3.05) is 5.88 Å². The molecule has 0 bridgehead atoms. The van der Waals surface area contributed by atoms with Crippen LogP contribution >= 0.6 is 11.6 Å². The molecule has 2 aromatic rings. The van der Waals surface area contributed by atoms with Crippen LogP contribution in [0.25, 0.3) is 0 Å². The van der Waals surface area contributed by atoms with Gasteiger partial charge in [-0.15, -0.1) is 11.6 Å². The molecule has 2 rings (SSSR count). The highest BCUT2D eigenvalue weighted by Gasteiger charge is 2.31. The molecular formula is C18H19ClO4. The Morgan fingerprint density at radius 3 is 2.48 bits per heavy atom. The molecule has 122 valence electrons. The lowest BCUT2D eigenvalue weighted by atomic mass is 10.0. The van der Waals surface area contributed by atoms with Gasteiger partial charge in [0.05, 0.1) is 0 Å². The molecule has 0 saturated carbocycles. The Labute approximate surface area is 140 Å². The molecule has 0 aliphatic carbocycles. The minimum atomic E-state index is -1.52. The Morgan fingerprint density at radius 2 is 1.91 bits per heavy atom. The van der Waals surface area contributed by atoms with E-state index in [0.717, 1.165) is 5.56 Å². The Kier molecular flexibility index (Phi) is 5.64. The summed E-state index contributed by atoms with van der Waals surface area (Å²) in [7, 11) is 0. The first-order valence-electron chi connectivity index (χ1n) is 7.26. The summed E-state index contributed by atoms with van der Waals surface area (Å²) in [6.45, 7) is 3.16. The van der Waals surface area contributed by atoms with Crippen molar-refractivity contribution in [1.29, 1.82) is 0 Å². The smallest absolute Gasteiger partial charge is 0.308 e. The van der Waals surface area contributed by atoms with Crippen molar-refractivity contribution in [3.63, 3.8) is 0 Å². The molecule has 0 saturated heterocycles. The van der Waals surface area contributed by atoms with Crippen LogP contribution in [0.3, 0.4) is 0 Å². The maximum absolute atomic E-state index is 11.0. The van der Waals surface area contributed by atoms with Gasteiger partial charge in [-0.1, -0.05) is 30.3 Å². The maximum Gasteiger partial charge on any atom is 0.308 e. The molecule has 23 heavy (non-hydrogen) atoms. The SMILES string of the molecule is CC(=O)Oc1ccc(O[C@](O)(CCCl)c2ccccc2)c(C)c1. The number of hydrogen-bond donors (Lipinski definition) is 1. The third-order valence-corrected chi connectivity index (χ3v) is 3.53. The van der Waals surface area contributed by atoms with Crippen molar-refractivity contribution < 1.29 is 19.4 Å². The third kappa shape index (κ3) is 4.47. The standard InChI is InChI=1S/C18H19ClO4/c1-13-12-16(22-14(2)20)8-9-17(13)23-18(21,10-11-19)15-6-4-3-5-7-15/h3-9,12,21H,10-11H2,1-2H3/t18-/m1/s1. The van der Waals surface area contributed by atoms with Crippen molar-refractivity contribution in [3.8, 4) is 11.5 Å². The molecule has 0 spiro atoms. The Balaban J connectivity index is 2.28. The van der Waals surface area contributed by atoms with Gasteiger partial charge in [0.25, 0.3) is 0 Å². The van der Waals surface area contributed by atoms with E-state index in [-0.39, 0.29) is 18.3 Å². The van der Waals surface area contributed by atoms with Crippen molar-refractivity contribution in [3.05, 3.63) is 59.7 Å². The number of aliphatic hydroxyl groups is 1. The molecule has 0 fully saturated rings. The van der Waals surface area contributed by atoms with Crippen molar-refractivity contribution in [1.82, 2.24) is 0 Å². The van der Waals surface area contributed by atoms with E-state index in [9.17, 15) is 9.90 Å². The lowest BCUT2D eigenvalue weighted by Gasteiger charge is -2.29. The fraction of sp³-hybridized carbons (Fsp3) is 0.278. The van der Waals surface area contributed by atoms with Gasteiger partial charge < -0.3 is 14.6 Å². The molecule has 0 heterocycles. The van der Waals surface area contributed by atoms with Gasteiger partial charge in [0, 0.05) is 24.8 Å². The van der Waals surface area contributed by atoms with Crippen molar-refractivity contribution >= 4 is 17.6 Å². The van der Waals surface area contributed by atoms with Gasteiger partial charge in [-0.25, -0.2) is 0 Å². The van der Waals surface area contributed by atoms with Crippen LogP contribution < -0.4 is 9.47 Å². The lowest BCUT2D eigenvalue weighted by Crippen LogP contribution is -2.33. The number of alkyl halides is 1. The largest absolute Gasteiger partial charge is 0.458 e. The lowest BCUT2D eigenvalue weighted by molar-refractivity contribution is -0.147. The Bertz CT molecular complexity index is 672. The highest BCUT2D eigenvalue weighted by atomic mass is 35.5. The van der Waals surface area contributed by atoms with Gasteiger partial charge in [-0.2, -0.15) is 0 Å². The first-order valence-corrected chi connectivity index (χ1v) is 7.80. The molecule has 0 amide bonds. The van der Waals surface area contributed by atoms with Gasteiger partial charge in [0.15, 0.2) is 0 Å². The van der Waals surface area contributed by atoms with Crippen LogP contribution in [0, 0.1) is 6.92 Å². The van der Waals surface area contributed by atoms with E-state index in [4.69, 9.17) is 21.1 Å². The zero-order chi connectivity index (χ0) is 16.9. The number of aryl methyl sites for hydroxylation is 1. The molecule has 0 aliphatic rings. The molecular weight excluding hydrogens is 316 g/mol. The molecule has 0 unspecified atom stereocenters. The van der Waals surface area contributed by atoms with Crippen LogP contribution in [-0.2, 0) is 10.6 Å². The first kappa shape index (κ1) is 17.3. The van der Waals surface area contributed by atoms with Gasteiger partial charge in [-0.05, 0) is 30.7 Å². The first-order chi connectivity index (χ1) is 10.9. The number of halogens is 1. The highest BCUT2D eigenvalue weighted by molar-refractivity contribution is 6.17. The topological polar surface area (TPSA) is 55.8 Å². The molecule has 5 heteroatoms.